The number of halogens is 1. The molecule has 0 bridgehead atoms. The first-order valence-electron chi connectivity index (χ1n) is 8.95. The summed E-state index contributed by atoms with van der Waals surface area (Å²) in [6.07, 6.45) is 6.42. The van der Waals surface area contributed by atoms with Crippen LogP contribution in [0.25, 0.3) is 11.3 Å². The van der Waals surface area contributed by atoms with Crippen molar-refractivity contribution in [1.82, 2.24) is 10.1 Å². The first kappa shape index (κ1) is 18.0. The summed E-state index contributed by atoms with van der Waals surface area (Å²) in [6, 6.07) is 9.06. The van der Waals surface area contributed by atoms with Gasteiger partial charge >= 0.3 is 0 Å². The molecule has 1 aromatic heterocycles. The summed E-state index contributed by atoms with van der Waals surface area (Å²) in [6.45, 7) is 3.51. The van der Waals surface area contributed by atoms with E-state index in [0.29, 0.717) is 23.0 Å². The van der Waals surface area contributed by atoms with E-state index in [2.05, 4.69) is 15.4 Å². The lowest BCUT2D eigenvalue weighted by molar-refractivity contribution is -0.116. The fourth-order valence-corrected chi connectivity index (χ4v) is 3.22. The predicted octanol–water partition coefficient (Wildman–Crippen LogP) is 4.59. The van der Waals surface area contributed by atoms with Gasteiger partial charge in [0.1, 0.15) is 5.69 Å². The van der Waals surface area contributed by atoms with E-state index in [1.165, 1.54) is 32.4 Å². The van der Waals surface area contributed by atoms with Gasteiger partial charge in [-0.3, -0.25) is 10.1 Å². The molecule has 1 N–H and O–H groups in total. The Morgan fingerprint density at radius 1 is 1.16 bits per heavy atom. The molecular formula is C19H24ClN3O2. The third-order valence-electron chi connectivity index (χ3n) is 4.49. The molecule has 134 valence electrons. The van der Waals surface area contributed by atoms with Gasteiger partial charge in [0.15, 0.2) is 0 Å². The third kappa shape index (κ3) is 5.58. The number of carbonyl (C=O) groups is 1. The van der Waals surface area contributed by atoms with E-state index < -0.39 is 0 Å². The Bertz CT molecular complexity index is 678. The Hall–Kier alpha value is -1.85. The Balaban J connectivity index is 1.40. The summed E-state index contributed by atoms with van der Waals surface area (Å²) in [5.41, 5.74) is 1.58. The molecule has 2 aromatic rings. The molecule has 1 aliphatic heterocycles. The Morgan fingerprint density at radius 2 is 1.92 bits per heavy atom. The number of piperidine rings is 1. The molecule has 1 saturated heterocycles. The topological polar surface area (TPSA) is 58.4 Å². The number of unbranched alkanes of at least 4 members (excludes halogenated alkanes) is 1. The van der Waals surface area contributed by atoms with Crippen molar-refractivity contribution in [3.63, 3.8) is 0 Å². The van der Waals surface area contributed by atoms with Crippen LogP contribution in [0, 0.1) is 0 Å². The van der Waals surface area contributed by atoms with Crippen LogP contribution in [-0.4, -0.2) is 35.6 Å². The van der Waals surface area contributed by atoms with Gasteiger partial charge in [-0.25, -0.2) is 0 Å². The van der Waals surface area contributed by atoms with Gasteiger partial charge in [-0.1, -0.05) is 35.3 Å². The monoisotopic (exact) mass is 361 g/mol. The van der Waals surface area contributed by atoms with E-state index in [-0.39, 0.29) is 5.91 Å². The fraction of sp³-hybridized carbons (Fsp3) is 0.474. The van der Waals surface area contributed by atoms with Crippen molar-refractivity contribution in [2.45, 2.75) is 38.5 Å². The summed E-state index contributed by atoms with van der Waals surface area (Å²) < 4.78 is 5.20. The van der Waals surface area contributed by atoms with Crippen LogP contribution in [0.1, 0.15) is 38.5 Å². The van der Waals surface area contributed by atoms with Crippen LogP contribution in [0.4, 0.5) is 5.88 Å². The average Bonchev–Trinajstić information content (AvgIpc) is 3.09. The number of hydrogen-bond donors (Lipinski definition) is 1. The molecule has 1 aromatic carbocycles. The molecule has 0 spiro atoms. The molecule has 1 aliphatic rings. The van der Waals surface area contributed by atoms with Gasteiger partial charge in [0.2, 0.25) is 11.8 Å². The largest absolute Gasteiger partial charge is 0.338 e. The number of nitrogens with one attached hydrogen (secondary N) is 1. The minimum atomic E-state index is -0.0301. The molecule has 1 fully saturated rings. The highest BCUT2D eigenvalue weighted by atomic mass is 35.5. The standard InChI is InChI=1S/C19H24ClN3O2/c20-16-9-7-15(8-10-16)17-14-19(25-22-17)21-18(24)6-2-5-13-23-11-3-1-4-12-23/h7-10,14H,1-6,11-13H2,(H,21,24). The van der Waals surface area contributed by atoms with E-state index in [4.69, 9.17) is 16.1 Å². The number of rotatable bonds is 7. The predicted molar refractivity (Wildman–Crippen MR) is 99.7 cm³/mol. The normalized spacial score (nSPS) is 15.2. The van der Waals surface area contributed by atoms with Gasteiger partial charge in [-0.05, 0) is 57.5 Å². The lowest BCUT2D eigenvalue weighted by Gasteiger charge is -2.26. The van der Waals surface area contributed by atoms with Gasteiger partial charge in [-0.2, -0.15) is 0 Å². The number of anilines is 1. The molecule has 0 unspecified atom stereocenters. The number of benzene rings is 1. The molecule has 1 amide bonds. The number of carbonyl (C=O) groups excluding carboxylic acids is 1. The van der Waals surface area contributed by atoms with Crippen LogP contribution in [0.3, 0.4) is 0 Å². The van der Waals surface area contributed by atoms with Crippen LogP contribution < -0.4 is 5.32 Å². The summed E-state index contributed by atoms with van der Waals surface area (Å²) in [5, 5.41) is 7.43. The van der Waals surface area contributed by atoms with Crippen molar-refractivity contribution in [1.29, 1.82) is 0 Å². The van der Waals surface area contributed by atoms with Gasteiger partial charge in [0.05, 0.1) is 0 Å². The van der Waals surface area contributed by atoms with E-state index in [9.17, 15) is 4.79 Å². The molecule has 25 heavy (non-hydrogen) atoms. The molecule has 2 heterocycles. The van der Waals surface area contributed by atoms with Crippen molar-refractivity contribution < 1.29 is 9.32 Å². The number of likely N-dealkylation sites (tertiary alicyclic amines) is 1. The average molecular weight is 362 g/mol. The Kier molecular flexibility index (Phi) is 6.48. The van der Waals surface area contributed by atoms with Crippen molar-refractivity contribution in [2.24, 2.45) is 0 Å². The second kappa shape index (κ2) is 9.02. The molecule has 0 atom stereocenters. The Morgan fingerprint density at radius 3 is 2.68 bits per heavy atom. The lowest BCUT2D eigenvalue weighted by Crippen LogP contribution is -2.30. The maximum absolute atomic E-state index is 12.0. The van der Waals surface area contributed by atoms with Crippen molar-refractivity contribution in [3.8, 4) is 11.3 Å². The van der Waals surface area contributed by atoms with Crippen molar-refractivity contribution >= 4 is 23.4 Å². The zero-order chi connectivity index (χ0) is 17.5. The van der Waals surface area contributed by atoms with E-state index in [0.717, 1.165) is 24.9 Å². The zero-order valence-electron chi connectivity index (χ0n) is 14.3. The third-order valence-corrected chi connectivity index (χ3v) is 4.74. The molecule has 6 heteroatoms. The minimum absolute atomic E-state index is 0.0301. The molecule has 0 aliphatic carbocycles. The minimum Gasteiger partial charge on any atom is -0.338 e. The zero-order valence-corrected chi connectivity index (χ0v) is 15.1. The van der Waals surface area contributed by atoms with Crippen molar-refractivity contribution in [3.05, 3.63) is 35.4 Å². The second-order valence-electron chi connectivity index (χ2n) is 6.49. The van der Waals surface area contributed by atoms with E-state index in [1.807, 2.05) is 12.1 Å². The molecule has 0 radical (unpaired) electrons. The van der Waals surface area contributed by atoms with Gasteiger partial charge in [0.25, 0.3) is 0 Å². The van der Waals surface area contributed by atoms with Crippen molar-refractivity contribution in [2.75, 3.05) is 25.0 Å². The highest BCUT2D eigenvalue weighted by Crippen LogP contribution is 2.23. The lowest BCUT2D eigenvalue weighted by atomic mass is 10.1. The smallest absolute Gasteiger partial charge is 0.231 e. The maximum Gasteiger partial charge on any atom is 0.231 e. The van der Waals surface area contributed by atoms with Crippen LogP contribution >= 0.6 is 11.6 Å². The van der Waals surface area contributed by atoms with Crippen LogP contribution in [0.2, 0.25) is 5.02 Å². The molecule has 0 saturated carbocycles. The SMILES string of the molecule is O=C(CCCCN1CCCCC1)Nc1cc(-c2ccc(Cl)cc2)no1. The summed E-state index contributed by atoms with van der Waals surface area (Å²) in [5.74, 6) is 0.350. The number of hydrogen-bond acceptors (Lipinski definition) is 4. The van der Waals surface area contributed by atoms with Crippen LogP contribution in [0.5, 0.6) is 0 Å². The number of aromatic nitrogens is 1. The van der Waals surface area contributed by atoms with E-state index in [1.54, 1.807) is 18.2 Å². The Labute approximate surface area is 153 Å². The fourth-order valence-electron chi connectivity index (χ4n) is 3.09. The summed E-state index contributed by atoms with van der Waals surface area (Å²) in [7, 11) is 0. The van der Waals surface area contributed by atoms with Gasteiger partial charge in [-0.15, -0.1) is 0 Å². The highest BCUT2D eigenvalue weighted by molar-refractivity contribution is 6.30. The first-order chi connectivity index (χ1) is 12.2. The molecular weight excluding hydrogens is 338 g/mol. The number of nitrogens with zero attached hydrogens (tertiary/aromatic N) is 2. The molecule has 5 nitrogen and oxygen atoms in total. The van der Waals surface area contributed by atoms with Gasteiger partial charge in [0, 0.05) is 23.1 Å². The highest BCUT2D eigenvalue weighted by Gasteiger charge is 2.11. The second-order valence-corrected chi connectivity index (χ2v) is 6.93. The maximum atomic E-state index is 12.0. The van der Waals surface area contributed by atoms with Crippen LogP contribution in [0.15, 0.2) is 34.9 Å². The molecule has 3 rings (SSSR count). The number of amides is 1. The van der Waals surface area contributed by atoms with Crippen LogP contribution in [-0.2, 0) is 4.79 Å². The summed E-state index contributed by atoms with van der Waals surface area (Å²) >= 11 is 5.88. The van der Waals surface area contributed by atoms with E-state index >= 15 is 0 Å². The first-order valence-corrected chi connectivity index (χ1v) is 9.33. The van der Waals surface area contributed by atoms with Gasteiger partial charge < -0.3 is 9.42 Å². The quantitative estimate of drug-likeness (QED) is 0.733. The summed E-state index contributed by atoms with van der Waals surface area (Å²) in [4.78, 5) is 14.5.